The maximum atomic E-state index is 7.70. The molecular weight excluding hydrogens is 574 g/mol. The Balaban J connectivity index is 0.000000157. The molecule has 4 N–H and O–H groups in total. The molecule has 0 amide bonds. The Morgan fingerprint density at radius 1 is 0.447 bits per heavy atom. The summed E-state index contributed by atoms with van der Waals surface area (Å²) in [5.74, 6) is 0. The molecule has 47 heavy (non-hydrogen) atoms. The molecule has 7 aromatic rings. The molecule has 0 saturated carbocycles. The number of fused-ring (bicyclic) bond motifs is 2. The predicted octanol–water partition coefficient (Wildman–Crippen LogP) is 10.0. The largest absolute Gasteiger partial charge is 0.399 e. The quantitative estimate of drug-likeness (QED) is 0.106. The second kappa shape index (κ2) is 12.9. The third-order valence-electron chi connectivity index (χ3n) is 8.19. The average molecular weight is 606 g/mol. The molecule has 1 aliphatic carbocycles. The van der Waals surface area contributed by atoms with Gasteiger partial charge in [-0.2, -0.15) is 0 Å². The highest BCUT2D eigenvalue weighted by molar-refractivity contribution is 6.50. The second-order valence-corrected chi connectivity index (χ2v) is 11.2. The van der Waals surface area contributed by atoms with Crippen LogP contribution in [-0.2, 0) is 0 Å². The predicted molar refractivity (Wildman–Crippen MR) is 197 cm³/mol. The van der Waals surface area contributed by atoms with E-state index in [9.17, 15) is 0 Å². The first-order chi connectivity index (χ1) is 23.1. The summed E-state index contributed by atoms with van der Waals surface area (Å²) in [5.41, 5.74) is 15.4. The van der Waals surface area contributed by atoms with E-state index in [-0.39, 0.29) is 11.4 Å². The minimum Gasteiger partial charge on any atom is -0.399 e. The molecule has 5 heteroatoms. The normalized spacial score (nSPS) is 12.5. The Hall–Kier alpha value is -6.46. The lowest BCUT2D eigenvalue weighted by atomic mass is 9.86. The molecular formula is C42H31N5. The van der Waals surface area contributed by atoms with Crippen LogP contribution in [0.3, 0.4) is 0 Å². The summed E-state index contributed by atoms with van der Waals surface area (Å²) in [7, 11) is 0. The van der Waals surface area contributed by atoms with Crippen LogP contribution >= 0.6 is 0 Å². The molecule has 0 bridgehead atoms. The molecule has 0 atom stereocenters. The van der Waals surface area contributed by atoms with Gasteiger partial charge in [-0.3, -0.25) is 15.8 Å². The molecule has 0 fully saturated rings. The fourth-order valence-electron chi connectivity index (χ4n) is 5.96. The van der Waals surface area contributed by atoms with E-state index in [0.29, 0.717) is 0 Å². The zero-order valence-corrected chi connectivity index (χ0v) is 25.6. The van der Waals surface area contributed by atoms with Crippen LogP contribution in [-0.4, -0.2) is 21.4 Å². The number of anilines is 1. The summed E-state index contributed by atoms with van der Waals surface area (Å²) in [5, 5.41) is 20.3. The SMILES string of the molecule is N=C1C=CC(c2cccc(-c3ccccn3)n2)=CC1=N.Nc1ccc(-c2c3ccccc3c(-c3ccccc3)c3ccccc23)cc1. The Labute approximate surface area is 273 Å². The van der Waals surface area contributed by atoms with Crippen LogP contribution in [0.1, 0.15) is 5.69 Å². The van der Waals surface area contributed by atoms with Gasteiger partial charge in [-0.15, -0.1) is 0 Å². The molecule has 0 saturated heterocycles. The van der Waals surface area contributed by atoms with Gasteiger partial charge in [-0.25, -0.2) is 4.98 Å². The van der Waals surface area contributed by atoms with E-state index in [1.54, 1.807) is 18.3 Å². The van der Waals surface area contributed by atoms with Crippen LogP contribution in [0.25, 0.3) is 60.8 Å². The number of nitrogens with two attached hydrogens (primary N) is 1. The van der Waals surface area contributed by atoms with E-state index >= 15 is 0 Å². The summed E-state index contributed by atoms with van der Waals surface area (Å²) in [6.07, 6.45) is 6.82. The van der Waals surface area contributed by atoms with E-state index in [0.717, 1.165) is 28.3 Å². The van der Waals surface area contributed by atoms with Crippen molar-refractivity contribution < 1.29 is 0 Å². The van der Waals surface area contributed by atoms with Crippen molar-refractivity contribution in [2.75, 3.05) is 5.73 Å². The smallest absolute Gasteiger partial charge is 0.0893 e. The van der Waals surface area contributed by atoms with Crippen molar-refractivity contribution in [2.45, 2.75) is 0 Å². The Morgan fingerprint density at radius 2 is 0.979 bits per heavy atom. The third kappa shape index (κ3) is 5.98. The number of aromatic nitrogens is 2. The molecule has 0 unspecified atom stereocenters. The van der Waals surface area contributed by atoms with Crippen LogP contribution in [0.15, 0.2) is 164 Å². The van der Waals surface area contributed by atoms with Gasteiger partial charge in [0, 0.05) is 17.5 Å². The minimum absolute atomic E-state index is 0.201. The molecule has 5 nitrogen and oxygen atoms in total. The number of pyridine rings is 2. The van der Waals surface area contributed by atoms with Crippen LogP contribution in [0, 0.1) is 10.8 Å². The Morgan fingerprint density at radius 3 is 1.55 bits per heavy atom. The van der Waals surface area contributed by atoms with E-state index in [2.05, 4.69) is 101 Å². The van der Waals surface area contributed by atoms with E-state index < -0.39 is 0 Å². The van der Waals surface area contributed by atoms with Crippen LogP contribution in [0.2, 0.25) is 0 Å². The summed E-state index contributed by atoms with van der Waals surface area (Å²) in [6, 6.07) is 47.6. The van der Waals surface area contributed by atoms with Crippen LogP contribution in [0.5, 0.6) is 0 Å². The number of nitrogens with zero attached hydrogens (tertiary/aromatic N) is 2. The van der Waals surface area contributed by atoms with Crippen molar-refractivity contribution in [1.82, 2.24) is 9.97 Å². The van der Waals surface area contributed by atoms with Gasteiger partial charge in [0.25, 0.3) is 0 Å². The molecule has 1 aliphatic rings. The van der Waals surface area contributed by atoms with Gasteiger partial charge in [-0.1, -0.05) is 109 Å². The minimum atomic E-state index is 0.201. The van der Waals surface area contributed by atoms with Gasteiger partial charge in [0.15, 0.2) is 0 Å². The van der Waals surface area contributed by atoms with Crippen LogP contribution in [0.4, 0.5) is 5.69 Å². The molecule has 0 spiro atoms. The summed E-state index contributed by atoms with van der Waals surface area (Å²) in [4.78, 5) is 8.86. The number of hydrogen-bond donors (Lipinski definition) is 3. The highest BCUT2D eigenvalue weighted by Gasteiger charge is 2.16. The molecule has 8 rings (SSSR count). The first-order valence-corrected chi connectivity index (χ1v) is 15.4. The van der Waals surface area contributed by atoms with Crippen molar-refractivity contribution >= 4 is 44.2 Å². The monoisotopic (exact) mass is 605 g/mol. The summed E-state index contributed by atoms with van der Waals surface area (Å²) >= 11 is 0. The van der Waals surface area contributed by atoms with Crippen molar-refractivity contribution in [2.24, 2.45) is 0 Å². The fraction of sp³-hybridized carbons (Fsp3) is 0. The van der Waals surface area contributed by atoms with Crippen molar-refractivity contribution in [3.05, 3.63) is 170 Å². The standard InChI is InChI=1S/C26H19N.C16H12N4/c27-20-16-14-19(15-17-20)26-23-12-6-4-10-21(23)25(18-8-2-1-3-9-18)22-11-5-7-13-24(22)26;17-12-8-7-11(10-13(12)18)14-5-3-6-16(20-14)15-4-1-2-9-19-15/h1-17H,27H2;1-10,17-18H. The molecule has 0 aliphatic heterocycles. The van der Waals surface area contributed by atoms with Gasteiger partial charge in [0.05, 0.1) is 28.5 Å². The Bertz CT molecular complexity index is 2260. The number of allylic oxidation sites excluding steroid dienone is 4. The van der Waals surface area contributed by atoms with Gasteiger partial charge in [0.2, 0.25) is 0 Å². The molecule has 2 heterocycles. The Kier molecular flexibility index (Phi) is 8.02. The topological polar surface area (TPSA) is 99.5 Å². The van der Waals surface area contributed by atoms with E-state index in [1.165, 1.54) is 43.8 Å². The maximum Gasteiger partial charge on any atom is 0.0893 e. The average Bonchev–Trinajstić information content (AvgIpc) is 3.13. The first-order valence-electron chi connectivity index (χ1n) is 15.4. The highest BCUT2D eigenvalue weighted by Crippen LogP contribution is 2.43. The first kappa shape index (κ1) is 29.3. The number of rotatable bonds is 4. The molecule has 0 radical (unpaired) electrons. The maximum absolute atomic E-state index is 7.70. The number of nitrogen functional groups attached to an aromatic ring is 1. The third-order valence-corrected chi connectivity index (χ3v) is 8.19. The van der Waals surface area contributed by atoms with Gasteiger partial charge in [-0.05, 0) is 92.3 Å². The molecule has 5 aromatic carbocycles. The fourth-order valence-corrected chi connectivity index (χ4v) is 5.96. The zero-order chi connectivity index (χ0) is 32.2. The highest BCUT2D eigenvalue weighted by atomic mass is 14.8. The lowest BCUT2D eigenvalue weighted by Crippen LogP contribution is -2.10. The zero-order valence-electron chi connectivity index (χ0n) is 25.6. The molecule has 224 valence electrons. The van der Waals surface area contributed by atoms with Crippen molar-refractivity contribution in [3.63, 3.8) is 0 Å². The van der Waals surface area contributed by atoms with Gasteiger partial charge < -0.3 is 5.73 Å². The van der Waals surface area contributed by atoms with Gasteiger partial charge >= 0.3 is 0 Å². The summed E-state index contributed by atoms with van der Waals surface area (Å²) in [6.45, 7) is 0. The van der Waals surface area contributed by atoms with Crippen LogP contribution < -0.4 is 5.73 Å². The van der Waals surface area contributed by atoms with E-state index in [4.69, 9.17) is 16.6 Å². The number of hydrogen-bond acceptors (Lipinski definition) is 5. The van der Waals surface area contributed by atoms with Crippen molar-refractivity contribution in [3.8, 4) is 33.6 Å². The number of benzene rings is 5. The molecule has 2 aromatic heterocycles. The lowest BCUT2D eigenvalue weighted by molar-refractivity contribution is 1.22. The number of nitrogens with one attached hydrogen (secondary N) is 2. The lowest BCUT2D eigenvalue weighted by Gasteiger charge is -2.17. The van der Waals surface area contributed by atoms with Gasteiger partial charge in [0.1, 0.15) is 0 Å². The van der Waals surface area contributed by atoms with E-state index in [1.807, 2.05) is 54.6 Å². The van der Waals surface area contributed by atoms with Crippen molar-refractivity contribution in [1.29, 1.82) is 10.8 Å². The summed E-state index contributed by atoms with van der Waals surface area (Å²) < 4.78 is 0. The second-order valence-electron chi connectivity index (χ2n) is 11.2.